The van der Waals surface area contributed by atoms with Crippen LogP contribution in [0.15, 0.2) is 78.9 Å². The number of nitrogens with one attached hydrogen (secondary N) is 3. The highest BCUT2D eigenvalue weighted by Gasteiger charge is 2.23. The summed E-state index contributed by atoms with van der Waals surface area (Å²) < 4.78 is 5.35. The van der Waals surface area contributed by atoms with Crippen LogP contribution in [0, 0.1) is 11.3 Å². The van der Waals surface area contributed by atoms with Crippen LogP contribution >= 0.6 is 0 Å². The van der Waals surface area contributed by atoms with E-state index in [0.29, 0.717) is 63.2 Å². The van der Waals surface area contributed by atoms with Crippen molar-refractivity contribution in [2.75, 3.05) is 26.3 Å². The highest BCUT2D eigenvalue weighted by Crippen LogP contribution is 2.19. The average Bonchev–Trinajstić information content (AvgIpc) is 3.04. The lowest BCUT2D eigenvalue weighted by atomic mass is 9.92. The molecule has 3 aromatic rings. The summed E-state index contributed by atoms with van der Waals surface area (Å²) in [5.41, 5.74) is 9.86. The number of hydrogen-bond donors (Lipinski definition) is 4. The van der Waals surface area contributed by atoms with E-state index in [0.717, 1.165) is 23.1 Å². The normalized spacial score (nSPS) is 14.4. The molecule has 9 nitrogen and oxygen atoms in total. The number of ether oxygens (including phenoxy) is 1. The maximum atomic E-state index is 13.4. The van der Waals surface area contributed by atoms with Crippen molar-refractivity contribution in [2.24, 2.45) is 11.7 Å². The van der Waals surface area contributed by atoms with Gasteiger partial charge < -0.3 is 26.0 Å². The molecule has 3 aromatic carbocycles. The van der Waals surface area contributed by atoms with Gasteiger partial charge >= 0.3 is 0 Å². The molecule has 0 radical (unpaired) electrons. The quantitative estimate of drug-likeness (QED) is 0.180. The number of amides is 3. The Morgan fingerprint density at radius 3 is 1.98 bits per heavy atom. The van der Waals surface area contributed by atoms with Crippen molar-refractivity contribution in [3.63, 3.8) is 0 Å². The summed E-state index contributed by atoms with van der Waals surface area (Å²) in [5.74, 6) is -0.709. The molecule has 4 rings (SSSR count). The zero-order chi connectivity index (χ0) is 30.6. The van der Waals surface area contributed by atoms with Crippen LogP contribution in [0.1, 0.15) is 52.4 Å². The maximum absolute atomic E-state index is 13.4. The summed E-state index contributed by atoms with van der Waals surface area (Å²) >= 11 is 0. The van der Waals surface area contributed by atoms with Gasteiger partial charge in [-0.25, -0.2) is 0 Å². The van der Waals surface area contributed by atoms with Crippen molar-refractivity contribution in [1.82, 2.24) is 15.5 Å². The summed E-state index contributed by atoms with van der Waals surface area (Å²) in [6, 6.07) is 24.1. The van der Waals surface area contributed by atoms with E-state index >= 15 is 0 Å². The van der Waals surface area contributed by atoms with E-state index in [-0.39, 0.29) is 29.5 Å². The minimum absolute atomic E-state index is 0.00954. The van der Waals surface area contributed by atoms with Crippen molar-refractivity contribution in [3.8, 4) is 0 Å². The molecule has 1 fully saturated rings. The highest BCUT2D eigenvalue weighted by molar-refractivity contribution is 5.95. The first kappa shape index (κ1) is 31.4. The van der Waals surface area contributed by atoms with Gasteiger partial charge in [0.25, 0.3) is 5.91 Å². The lowest BCUT2D eigenvalue weighted by Crippen LogP contribution is -2.46. The first-order valence-corrected chi connectivity index (χ1v) is 14.8. The van der Waals surface area contributed by atoms with E-state index in [2.05, 4.69) is 22.8 Å². The number of hydrogen-bond acceptors (Lipinski definition) is 5. The molecule has 1 heterocycles. The fraction of sp³-hybridized carbons (Fsp3) is 0.353. The van der Waals surface area contributed by atoms with Crippen molar-refractivity contribution in [3.05, 3.63) is 107 Å². The minimum atomic E-state index is -0.700. The average molecular weight is 584 g/mol. The Labute approximate surface area is 253 Å². The number of morpholine rings is 1. The van der Waals surface area contributed by atoms with E-state index in [1.807, 2.05) is 59.5 Å². The molecule has 3 amide bonds. The molecule has 0 bridgehead atoms. The van der Waals surface area contributed by atoms with Crippen LogP contribution in [-0.4, -0.2) is 60.8 Å². The standard InChI is InChI=1S/C34H41N5O4/c1-24(32(40)37-23-27-11-13-28(14-12-27)31(35)36)38-33(41)29(15-7-25-5-3-2-4-6-25)16-8-26-9-17-30(18-10-26)34(42)39-19-21-43-22-20-39/h2-6,9-14,17-18,24,29H,7-8,15-16,19-23H2,1H3,(H3,35,36)(H,37,40)(H,38,41)/t24-,29-/m0/s1. The number of aryl methyl sites for hydroxylation is 2. The first-order valence-electron chi connectivity index (χ1n) is 14.8. The van der Waals surface area contributed by atoms with Crippen molar-refractivity contribution < 1.29 is 19.1 Å². The summed E-state index contributed by atoms with van der Waals surface area (Å²) in [7, 11) is 0. The number of benzene rings is 3. The smallest absolute Gasteiger partial charge is 0.254 e. The second-order valence-electron chi connectivity index (χ2n) is 10.9. The van der Waals surface area contributed by atoms with Gasteiger partial charge in [-0.2, -0.15) is 0 Å². The zero-order valence-electron chi connectivity index (χ0n) is 24.7. The minimum Gasteiger partial charge on any atom is -0.384 e. The van der Waals surface area contributed by atoms with Crippen molar-refractivity contribution in [2.45, 2.75) is 45.2 Å². The molecule has 9 heteroatoms. The number of amidine groups is 1. The highest BCUT2D eigenvalue weighted by atomic mass is 16.5. The Balaban J connectivity index is 1.33. The molecule has 226 valence electrons. The number of rotatable bonds is 13. The van der Waals surface area contributed by atoms with Crippen LogP contribution in [-0.2, 0) is 33.7 Å². The summed E-state index contributed by atoms with van der Waals surface area (Å²) in [5, 5.41) is 13.3. The third-order valence-corrected chi connectivity index (χ3v) is 7.76. The van der Waals surface area contributed by atoms with E-state index in [9.17, 15) is 14.4 Å². The summed E-state index contributed by atoms with van der Waals surface area (Å²) in [6.07, 6.45) is 2.70. The van der Waals surface area contributed by atoms with Crippen LogP contribution in [0.4, 0.5) is 0 Å². The third kappa shape index (κ3) is 9.51. The summed E-state index contributed by atoms with van der Waals surface area (Å²) in [4.78, 5) is 40.8. The number of carbonyl (C=O) groups is 3. The predicted octanol–water partition coefficient (Wildman–Crippen LogP) is 3.45. The molecule has 0 unspecified atom stereocenters. The molecule has 5 N–H and O–H groups in total. The van der Waals surface area contributed by atoms with E-state index in [1.54, 1.807) is 19.1 Å². The molecule has 0 aliphatic carbocycles. The van der Waals surface area contributed by atoms with E-state index < -0.39 is 6.04 Å². The molecular weight excluding hydrogens is 542 g/mol. The van der Waals surface area contributed by atoms with Gasteiger partial charge in [0.15, 0.2) is 0 Å². The Morgan fingerprint density at radius 1 is 0.814 bits per heavy atom. The van der Waals surface area contributed by atoms with Crippen LogP contribution in [0.2, 0.25) is 0 Å². The fourth-order valence-electron chi connectivity index (χ4n) is 5.04. The molecule has 43 heavy (non-hydrogen) atoms. The Hall–Kier alpha value is -4.50. The van der Waals surface area contributed by atoms with Gasteiger partial charge in [-0.3, -0.25) is 19.8 Å². The molecule has 1 aliphatic rings. The van der Waals surface area contributed by atoms with Gasteiger partial charge in [0.2, 0.25) is 11.8 Å². The van der Waals surface area contributed by atoms with Crippen molar-refractivity contribution >= 4 is 23.6 Å². The topological polar surface area (TPSA) is 138 Å². The predicted molar refractivity (Wildman–Crippen MR) is 167 cm³/mol. The molecule has 1 aliphatic heterocycles. The fourth-order valence-corrected chi connectivity index (χ4v) is 5.04. The van der Waals surface area contributed by atoms with Crippen LogP contribution < -0.4 is 16.4 Å². The zero-order valence-corrected chi connectivity index (χ0v) is 24.7. The maximum Gasteiger partial charge on any atom is 0.254 e. The van der Waals surface area contributed by atoms with Gasteiger partial charge in [-0.1, -0.05) is 66.7 Å². The Morgan fingerprint density at radius 2 is 1.37 bits per heavy atom. The third-order valence-electron chi connectivity index (χ3n) is 7.76. The summed E-state index contributed by atoms with van der Waals surface area (Å²) in [6.45, 7) is 4.31. The lowest BCUT2D eigenvalue weighted by Gasteiger charge is -2.26. The van der Waals surface area contributed by atoms with E-state index in [4.69, 9.17) is 15.9 Å². The van der Waals surface area contributed by atoms with Crippen LogP contribution in [0.5, 0.6) is 0 Å². The van der Waals surface area contributed by atoms with Crippen LogP contribution in [0.25, 0.3) is 0 Å². The largest absolute Gasteiger partial charge is 0.384 e. The Bertz CT molecular complexity index is 1370. The lowest BCUT2D eigenvalue weighted by molar-refractivity contribution is -0.131. The van der Waals surface area contributed by atoms with Crippen LogP contribution in [0.3, 0.4) is 0 Å². The van der Waals surface area contributed by atoms with E-state index in [1.165, 1.54) is 0 Å². The molecular formula is C34H41N5O4. The molecule has 0 spiro atoms. The first-order chi connectivity index (χ1) is 20.8. The van der Waals surface area contributed by atoms with Gasteiger partial charge in [-0.15, -0.1) is 0 Å². The van der Waals surface area contributed by atoms with Gasteiger partial charge in [0, 0.05) is 36.7 Å². The Kier molecular flexibility index (Phi) is 11.4. The van der Waals surface area contributed by atoms with Gasteiger partial charge in [-0.05, 0) is 61.4 Å². The number of nitrogens with zero attached hydrogens (tertiary/aromatic N) is 1. The molecule has 0 saturated carbocycles. The molecule has 2 atom stereocenters. The number of nitrogen functional groups attached to an aromatic ring is 1. The monoisotopic (exact) mass is 583 g/mol. The number of nitrogens with two attached hydrogens (primary N) is 1. The second-order valence-corrected chi connectivity index (χ2v) is 10.9. The molecule has 0 aromatic heterocycles. The number of carbonyl (C=O) groups excluding carboxylic acids is 3. The van der Waals surface area contributed by atoms with Gasteiger partial charge in [0.05, 0.1) is 13.2 Å². The second kappa shape index (κ2) is 15.7. The molecule has 1 saturated heterocycles. The van der Waals surface area contributed by atoms with Crippen molar-refractivity contribution in [1.29, 1.82) is 5.41 Å². The SMILES string of the molecule is C[C@H](NC(=O)[C@@H](CCc1ccccc1)CCc1ccc(C(=O)N2CCOCC2)cc1)C(=O)NCc1ccc(C(=N)N)cc1. The van der Waals surface area contributed by atoms with Gasteiger partial charge in [0.1, 0.15) is 11.9 Å².